The SMILES string of the molecule is C=C/C=C\C(=C/C)c1ccccc1/C=C1/C(CC)=C(C)c2c(OC)cccc21. The third-order valence-electron chi connectivity index (χ3n) is 5.34. The fraction of sp³-hybridized carbons (Fsp3) is 0.185. The third-order valence-corrected chi connectivity index (χ3v) is 5.34. The van der Waals surface area contributed by atoms with Gasteiger partial charge < -0.3 is 4.74 Å². The maximum Gasteiger partial charge on any atom is 0.126 e. The molecule has 2 aromatic carbocycles. The number of ether oxygens (including phenoxy) is 1. The first kappa shape index (κ1) is 19.7. The van der Waals surface area contributed by atoms with Crippen molar-refractivity contribution < 1.29 is 4.74 Å². The lowest BCUT2D eigenvalue weighted by molar-refractivity contribution is 0.413. The summed E-state index contributed by atoms with van der Waals surface area (Å²) in [4.78, 5) is 0. The first-order valence-electron chi connectivity index (χ1n) is 9.80. The molecule has 0 heterocycles. The standard InChI is InChI=1S/C27H28O/c1-6-9-13-20(7-2)23-15-11-10-14-21(23)18-25-22(8-3)19(4)27-24(25)16-12-17-26(27)28-5/h6-7,9-18H,1,8H2,2-5H3/b13-9-,20-7+,25-18-. The molecule has 0 amide bonds. The van der Waals surface area contributed by atoms with Gasteiger partial charge in [-0.25, -0.2) is 0 Å². The molecule has 0 aromatic heterocycles. The molecule has 0 fully saturated rings. The molecule has 2 aromatic rings. The van der Waals surface area contributed by atoms with Crippen LogP contribution in [-0.4, -0.2) is 7.11 Å². The van der Waals surface area contributed by atoms with Crippen LogP contribution in [0.1, 0.15) is 49.4 Å². The molecule has 1 nitrogen and oxygen atoms in total. The summed E-state index contributed by atoms with van der Waals surface area (Å²) < 4.78 is 5.65. The van der Waals surface area contributed by atoms with Crippen LogP contribution < -0.4 is 4.74 Å². The lowest BCUT2D eigenvalue weighted by Gasteiger charge is -2.11. The summed E-state index contributed by atoms with van der Waals surface area (Å²) in [6, 6.07) is 14.9. The third kappa shape index (κ3) is 3.53. The summed E-state index contributed by atoms with van der Waals surface area (Å²) in [7, 11) is 1.75. The van der Waals surface area contributed by atoms with Crippen LogP contribution >= 0.6 is 0 Å². The Labute approximate surface area is 169 Å². The number of benzene rings is 2. The highest BCUT2D eigenvalue weighted by Gasteiger charge is 2.25. The summed E-state index contributed by atoms with van der Waals surface area (Å²) in [6.07, 6.45) is 11.4. The molecule has 1 aliphatic rings. The van der Waals surface area contributed by atoms with Crippen LogP contribution in [0.15, 0.2) is 78.9 Å². The van der Waals surface area contributed by atoms with E-state index in [0.29, 0.717) is 0 Å². The zero-order valence-electron chi connectivity index (χ0n) is 17.3. The van der Waals surface area contributed by atoms with Crippen molar-refractivity contribution >= 4 is 22.8 Å². The van der Waals surface area contributed by atoms with Crippen molar-refractivity contribution in [3.05, 3.63) is 101 Å². The predicted molar refractivity (Wildman–Crippen MR) is 123 cm³/mol. The Morgan fingerprint density at radius 3 is 2.57 bits per heavy atom. The largest absolute Gasteiger partial charge is 0.496 e. The Balaban J connectivity index is 2.21. The Morgan fingerprint density at radius 2 is 1.89 bits per heavy atom. The van der Waals surface area contributed by atoms with Crippen molar-refractivity contribution in [3.8, 4) is 5.75 Å². The molecular formula is C27H28O. The Hall–Kier alpha value is -3.06. The normalized spacial score (nSPS) is 15.4. The van der Waals surface area contributed by atoms with Crippen LogP contribution in [0.3, 0.4) is 0 Å². The van der Waals surface area contributed by atoms with E-state index >= 15 is 0 Å². The van der Waals surface area contributed by atoms with Crippen molar-refractivity contribution in [2.75, 3.05) is 7.11 Å². The maximum absolute atomic E-state index is 5.65. The highest BCUT2D eigenvalue weighted by atomic mass is 16.5. The summed E-state index contributed by atoms with van der Waals surface area (Å²) in [5.41, 5.74) is 10.1. The number of allylic oxidation sites excluding steroid dienone is 8. The second-order valence-electron chi connectivity index (χ2n) is 6.82. The van der Waals surface area contributed by atoms with Gasteiger partial charge in [-0.1, -0.05) is 74.2 Å². The zero-order chi connectivity index (χ0) is 20.1. The quantitative estimate of drug-likeness (QED) is 0.477. The van der Waals surface area contributed by atoms with Gasteiger partial charge in [0.2, 0.25) is 0 Å². The lowest BCUT2D eigenvalue weighted by atomic mass is 9.93. The Morgan fingerprint density at radius 1 is 1.11 bits per heavy atom. The van der Waals surface area contributed by atoms with E-state index in [9.17, 15) is 0 Å². The molecule has 0 saturated heterocycles. The van der Waals surface area contributed by atoms with Crippen LogP contribution in [0.4, 0.5) is 0 Å². The second kappa shape index (κ2) is 8.75. The first-order valence-corrected chi connectivity index (χ1v) is 9.80. The highest BCUT2D eigenvalue weighted by Crippen LogP contribution is 2.47. The molecule has 142 valence electrons. The summed E-state index contributed by atoms with van der Waals surface area (Å²) in [5, 5.41) is 0. The summed E-state index contributed by atoms with van der Waals surface area (Å²) >= 11 is 0. The molecule has 0 atom stereocenters. The van der Waals surface area contributed by atoms with Crippen LogP contribution in [0.2, 0.25) is 0 Å². The van der Waals surface area contributed by atoms with E-state index in [0.717, 1.165) is 12.2 Å². The molecule has 1 aliphatic carbocycles. The van der Waals surface area contributed by atoms with E-state index in [-0.39, 0.29) is 0 Å². The number of fused-ring (bicyclic) bond motifs is 1. The van der Waals surface area contributed by atoms with Gasteiger partial charge in [-0.2, -0.15) is 0 Å². The van der Waals surface area contributed by atoms with E-state index in [2.05, 4.69) is 82.0 Å². The molecule has 0 N–H and O–H groups in total. The van der Waals surface area contributed by atoms with E-state index in [1.165, 1.54) is 44.5 Å². The predicted octanol–water partition coefficient (Wildman–Crippen LogP) is 7.58. The van der Waals surface area contributed by atoms with E-state index in [1.54, 1.807) is 7.11 Å². The molecule has 0 unspecified atom stereocenters. The van der Waals surface area contributed by atoms with Crippen LogP contribution in [0.25, 0.3) is 22.8 Å². The van der Waals surface area contributed by atoms with Crippen molar-refractivity contribution in [3.63, 3.8) is 0 Å². The molecule has 3 rings (SSSR count). The molecule has 0 bridgehead atoms. The average molecular weight is 369 g/mol. The smallest absolute Gasteiger partial charge is 0.126 e. The van der Waals surface area contributed by atoms with Crippen molar-refractivity contribution in [2.24, 2.45) is 0 Å². The highest BCUT2D eigenvalue weighted by molar-refractivity contribution is 6.07. The van der Waals surface area contributed by atoms with Gasteiger partial charge in [0, 0.05) is 5.56 Å². The first-order chi connectivity index (χ1) is 13.7. The van der Waals surface area contributed by atoms with Crippen molar-refractivity contribution in [2.45, 2.75) is 27.2 Å². The number of hydrogen-bond donors (Lipinski definition) is 0. The monoisotopic (exact) mass is 368 g/mol. The van der Waals surface area contributed by atoms with Gasteiger partial charge in [0.25, 0.3) is 0 Å². The van der Waals surface area contributed by atoms with Gasteiger partial charge in [0.15, 0.2) is 0 Å². The summed E-state index contributed by atoms with van der Waals surface area (Å²) in [5.74, 6) is 0.945. The molecule has 0 radical (unpaired) electrons. The van der Waals surface area contributed by atoms with E-state index in [4.69, 9.17) is 4.74 Å². The van der Waals surface area contributed by atoms with Crippen LogP contribution in [0, 0.1) is 0 Å². The van der Waals surface area contributed by atoms with E-state index < -0.39 is 0 Å². The summed E-state index contributed by atoms with van der Waals surface area (Å²) in [6.45, 7) is 10.3. The van der Waals surface area contributed by atoms with Crippen LogP contribution in [0.5, 0.6) is 5.75 Å². The van der Waals surface area contributed by atoms with Crippen molar-refractivity contribution in [1.29, 1.82) is 0 Å². The minimum absolute atomic E-state index is 0.945. The van der Waals surface area contributed by atoms with Gasteiger partial charge in [-0.05, 0) is 71.4 Å². The average Bonchev–Trinajstić information content (AvgIpc) is 3.00. The zero-order valence-corrected chi connectivity index (χ0v) is 17.3. The topological polar surface area (TPSA) is 9.23 Å². The maximum atomic E-state index is 5.65. The van der Waals surface area contributed by atoms with E-state index in [1.807, 2.05) is 18.2 Å². The minimum Gasteiger partial charge on any atom is -0.496 e. The van der Waals surface area contributed by atoms with Gasteiger partial charge in [0.05, 0.1) is 7.11 Å². The lowest BCUT2D eigenvalue weighted by Crippen LogP contribution is -1.91. The Kier molecular flexibility index (Phi) is 6.16. The fourth-order valence-electron chi connectivity index (χ4n) is 4.00. The molecule has 0 spiro atoms. The second-order valence-corrected chi connectivity index (χ2v) is 6.82. The van der Waals surface area contributed by atoms with Gasteiger partial charge in [0.1, 0.15) is 5.75 Å². The number of methoxy groups -OCH3 is 1. The molecular weight excluding hydrogens is 340 g/mol. The molecule has 0 saturated carbocycles. The number of hydrogen-bond acceptors (Lipinski definition) is 1. The number of rotatable bonds is 6. The van der Waals surface area contributed by atoms with Gasteiger partial charge in [-0.3, -0.25) is 0 Å². The fourth-order valence-corrected chi connectivity index (χ4v) is 4.00. The Bertz CT molecular complexity index is 1010. The minimum atomic E-state index is 0.945. The van der Waals surface area contributed by atoms with Crippen molar-refractivity contribution in [1.82, 2.24) is 0 Å². The molecule has 0 aliphatic heterocycles. The van der Waals surface area contributed by atoms with Gasteiger partial charge >= 0.3 is 0 Å². The van der Waals surface area contributed by atoms with Gasteiger partial charge in [-0.15, -0.1) is 0 Å². The van der Waals surface area contributed by atoms with Crippen LogP contribution in [-0.2, 0) is 0 Å². The molecule has 1 heteroatoms. The molecule has 28 heavy (non-hydrogen) atoms.